The number of benzene rings is 2. The minimum Gasteiger partial charge on any atom is -0.462 e. The number of halogens is 1. The van der Waals surface area contributed by atoms with Crippen molar-refractivity contribution >= 4 is 18.4 Å². The van der Waals surface area contributed by atoms with E-state index in [0.717, 1.165) is 32.4 Å². The van der Waals surface area contributed by atoms with E-state index in [9.17, 15) is 4.79 Å². The van der Waals surface area contributed by atoms with Crippen molar-refractivity contribution in [3.8, 4) is 0 Å². The summed E-state index contributed by atoms with van der Waals surface area (Å²) in [5.41, 5.74) is 3.36. The normalized spacial score (nSPS) is 14.7. The number of hydrogen-bond donors (Lipinski definition) is 1. The summed E-state index contributed by atoms with van der Waals surface area (Å²) in [7, 11) is 0. The third-order valence-corrected chi connectivity index (χ3v) is 5.91. The molecule has 0 atom stereocenters. The average molecular weight is 445 g/mol. The van der Waals surface area contributed by atoms with Gasteiger partial charge >= 0.3 is 5.97 Å². The molecule has 1 aliphatic rings. The molecule has 170 valence electrons. The molecule has 5 heteroatoms. The highest BCUT2D eigenvalue weighted by Crippen LogP contribution is 2.13. The molecule has 1 aliphatic heterocycles. The van der Waals surface area contributed by atoms with Crippen LogP contribution in [0, 0.1) is 0 Å². The summed E-state index contributed by atoms with van der Waals surface area (Å²) in [6.45, 7) is 6.90. The van der Waals surface area contributed by atoms with E-state index in [1.165, 1.54) is 43.5 Å². The third-order valence-electron chi connectivity index (χ3n) is 5.91. The van der Waals surface area contributed by atoms with Gasteiger partial charge in [0.05, 0.1) is 12.2 Å². The summed E-state index contributed by atoms with van der Waals surface area (Å²) >= 11 is 0. The molecule has 1 N–H and O–H groups in total. The van der Waals surface area contributed by atoms with E-state index >= 15 is 0 Å². The van der Waals surface area contributed by atoms with Crippen LogP contribution in [0.15, 0.2) is 54.6 Å². The Hall–Kier alpha value is -1.88. The highest BCUT2D eigenvalue weighted by molar-refractivity contribution is 5.89. The lowest BCUT2D eigenvalue weighted by Gasteiger charge is -2.32. The van der Waals surface area contributed by atoms with Crippen molar-refractivity contribution in [2.24, 2.45) is 0 Å². The average Bonchev–Trinajstić information content (AvgIpc) is 2.79. The Labute approximate surface area is 193 Å². The predicted octanol–water partition coefficient (Wildman–Crippen LogP) is 4.90. The topological polar surface area (TPSA) is 41.6 Å². The second kappa shape index (κ2) is 14.2. The van der Waals surface area contributed by atoms with Crippen LogP contribution in [0.5, 0.6) is 0 Å². The van der Waals surface area contributed by atoms with Crippen LogP contribution in [-0.4, -0.2) is 49.7 Å². The molecule has 0 aromatic heterocycles. The van der Waals surface area contributed by atoms with E-state index in [1.54, 1.807) is 0 Å². The summed E-state index contributed by atoms with van der Waals surface area (Å²) in [4.78, 5) is 14.3. The lowest BCUT2D eigenvalue weighted by atomic mass is 10.0. The van der Waals surface area contributed by atoms with Gasteiger partial charge in [0.1, 0.15) is 0 Å². The highest BCUT2D eigenvalue weighted by atomic mass is 35.5. The van der Waals surface area contributed by atoms with Crippen LogP contribution in [0.2, 0.25) is 0 Å². The Morgan fingerprint density at radius 3 is 2.29 bits per heavy atom. The van der Waals surface area contributed by atoms with Gasteiger partial charge in [-0.2, -0.15) is 0 Å². The molecule has 0 aliphatic carbocycles. The molecule has 2 aromatic carbocycles. The molecule has 3 rings (SSSR count). The number of nitrogens with zero attached hydrogens (tertiary/aromatic N) is 1. The molecular weight excluding hydrogens is 408 g/mol. The van der Waals surface area contributed by atoms with Crippen LogP contribution in [0.3, 0.4) is 0 Å². The molecular formula is C26H37ClN2O2. The van der Waals surface area contributed by atoms with Crippen LogP contribution in [0.4, 0.5) is 0 Å². The molecule has 0 spiro atoms. The number of likely N-dealkylation sites (tertiary alicyclic amines) is 1. The molecule has 31 heavy (non-hydrogen) atoms. The van der Waals surface area contributed by atoms with Gasteiger partial charge in [-0.1, -0.05) is 42.5 Å². The molecule has 0 bridgehead atoms. The first-order valence-electron chi connectivity index (χ1n) is 11.5. The van der Waals surface area contributed by atoms with Gasteiger partial charge in [0, 0.05) is 6.04 Å². The maximum absolute atomic E-state index is 11.7. The first-order chi connectivity index (χ1) is 14.7. The van der Waals surface area contributed by atoms with Crippen molar-refractivity contribution in [1.82, 2.24) is 10.2 Å². The molecule has 0 amide bonds. The van der Waals surface area contributed by atoms with E-state index in [4.69, 9.17) is 4.74 Å². The Kier molecular flexibility index (Phi) is 11.7. The van der Waals surface area contributed by atoms with Gasteiger partial charge < -0.3 is 15.0 Å². The smallest absolute Gasteiger partial charge is 0.338 e. The number of aryl methyl sites for hydroxylation is 2. The second-order valence-corrected chi connectivity index (χ2v) is 8.18. The standard InChI is InChI=1S/C26H36N2O2.ClH/c1-2-30-26(29)24-14-12-23(13-15-24)11-7-19-28-20-16-25(17-21-28)27-18-6-10-22-8-4-3-5-9-22;/h3-5,8-9,12-15,25,27H,2,6-7,10-11,16-21H2,1H3;1H. The number of nitrogens with one attached hydrogen (secondary N) is 1. The van der Waals surface area contributed by atoms with Gasteiger partial charge in [-0.05, 0) is 94.9 Å². The first-order valence-corrected chi connectivity index (χ1v) is 11.5. The molecule has 2 aromatic rings. The SMILES string of the molecule is CCOC(=O)c1ccc(CCCN2CCC(NCCCc3ccccc3)CC2)cc1.Cl. The van der Waals surface area contributed by atoms with Crippen LogP contribution in [0.25, 0.3) is 0 Å². The third kappa shape index (κ3) is 9.02. The minimum absolute atomic E-state index is 0. The number of rotatable bonds is 11. The largest absolute Gasteiger partial charge is 0.462 e. The maximum atomic E-state index is 11.7. The summed E-state index contributed by atoms with van der Waals surface area (Å²) in [6.07, 6.45) is 7.08. The van der Waals surface area contributed by atoms with Crippen molar-refractivity contribution in [3.63, 3.8) is 0 Å². The number of carbonyl (C=O) groups excluding carboxylic acids is 1. The van der Waals surface area contributed by atoms with Crippen molar-refractivity contribution < 1.29 is 9.53 Å². The van der Waals surface area contributed by atoms with E-state index < -0.39 is 0 Å². The Bertz CT molecular complexity index is 744. The van der Waals surface area contributed by atoms with Crippen LogP contribution in [-0.2, 0) is 17.6 Å². The van der Waals surface area contributed by atoms with Crippen molar-refractivity contribution in [2.75, 3.05) is 32.8 Å². The molecule has 0 radical (unpaired) electrons. The fourth-order valence-corrected chi connectivity index (χ4v) is 4.13. The molecule has 4 nitrogen and oxygen atoms in total. The van der Waals surface area contributed by atoms with Crippen LogP contribution in [0.1, 0.15) is 54.1 Å². The zero-order chi connectivity index (χ0) is 21.0. The number of carbonyl (C=O) groups is 1. The second-order valence-electron chi connectivity index (χ2n) is 8.18. The number of ether oxygens (including phenoxy) is 1. The lowest BCUT2D eigenvalue weighted by molar-refractivity contribution is 0.0526. The Morgan fingerprint density at radius 2 is 1.61 bits per heavy atom. The van der Waals surface area contributed by atoms with Crippen LogP contribution >= 0.6 is 12.4 Å². The molecule has 0 unspecified atom stereocenters. The highest BCUT2D eigenvalue weighted by Gasteiger charge is 2.18. The summed E-state index contributed by atoms with van der Waals surface area (Å²) in [6, 6.07) is 19.3. The number of piperidine rings is 1. The van der Waals surface area contributed by atoms with Gasteiger partial charge in [-0.15, -0.1) is 12.4 Å². The van der Waals surface area contributed by atoms with E-state index in [-0.39, 0.29) is 18.4 Å². The zero-order valence-electron chi connectivity index (χ0n) is 18.7. The zero-order valence-corrected chi connectivity index (χ0v) is 19.5. The minimum atomic E-state index is -0.236. The monoisotopic (exact) mass is 444 g/mol. The van der Waals surface area contributed by atoms with Gasteiger partial charge in [0.25, 0.3) is 0 Å². The Balaban J connectivity index is 0.00000341. The molecule has 1 heterocycles. The number of hydrogen-bond acceptors (Lipinski definition) is 4. The van der Waals surface area contributed by atoms with E-state index in [0.29, 0.717) is 18.2 Å². The predicted molar refractivity (Wildman–Crippen MR) is 130 cm³/mol. The first kappa shape index (κ1) is 25.4. The fraction of sp³-hybridized carbons (Fsp3) is 0.500. The lowest BCUT2D eigenvalue weighted by Crippen LogP contribution is -2.43. The van der Waals surface area contributed by atoms with E-state index in [2.05, 4.69) is 52.7 Å². The quantitative estimate of drug-likeness (QED) is 0.395. The van der Waals surface area contributed by atoms with Crippen molar-refractivity contribution in [1.29, 1.82) is 0 Å². The fourth-order valence-electron chi connectivity index (χ4n) is 4.13. The van der Waals surface area contributed by atoms with Gasteiger partial charge in [0.15, 0.2) is 0 Å². The molecule has 0 saturated carbocycles. The van der Waals surface area contributed by atoms with Gasteiger partial charge in [-0.25, -0.2) is 4.79 Å². The summed E-state index contributed by atoms with van der Waals surface area (Å²) in [5, 5.41) is 3.75. The van der Waals surface area contributed by atoms with Gasteiger partial charge in [-0.3, -0.25) is 0 Å². The summed E-state index contributed by atoms with van der Waals surface area (Å²) < 4.78 is 5.04. The maximum Gasteiger partial charge on any atom is 0.338 e. The van der Waals surface area contributed by atoms with E-state index in [1.807, 2.05) is 19.1 Å². The molecule has 1 saturated heterocycles. The van der Waals surface area contributed by atoms with Crippen LogP contribution < -0.4 is 5.32 Å². The van der Waals surface area contributed by atoms with Gasteiger partial charge in [0.2, 0.25) is 0 Å². The summed E-state index contributed by atoms with van der Waals surface area (Å²) in [5.74, 6) is -0.236. The number of esters is 1. The Morgan fingerprint density at radius 1 is 0.968 bits per heavy atom. The van der Waals surface area contributed by atoms with Crippen molar-refractivity contribution in [3.05, 3.63) is 71.3 Å². The van der Waals surface area contributed by atoms with Crippen molar-refractivity contribution in [2.45, 2.75) is 51.5 Å². The molecule has 1 fully saturated rings.